The molecular weight excluding hydrogens is 295 g/mol. The maximum absolute atomic E-state index is 13.3. The van der Waals surface area contributed by atoms with Crippen LogP contribution in [0.1, 0.15) is 39.2 Å². The minimum absolute atomic E-state index is 0.133. The molecule has 0 bridgehead atoms. The van der Waals surface area contributed by atoms with Crippen LogP contribution in [-0.2, 0) is 11.2 Å². The molecule has 1 N–H and O–H groups in total. The SMILES string of the molecule is CC(C)(C)OC(=O)N1CCCC1Cc1c[nH]c2cc(F)ccc12. The molecule has 1 fully saturated rings. The Balaban J connectivity index is 1.76. The van der Waals surface area contributed by atoms with Gasteiger partial charge in [0, 0.05) is 29.7 Å². The van der Waals surface area contributed by atoms with Crippen LogP contribution in [0.25, 0.3) is 10.9 Å². The molecular formula is C18H23FN2O2. The zero-order valence-corrected chi connectivity index (χ0v) is 13.9. The van der Waals surface area contributed by atoms with Crippen molar-refractivity contribution in [2.75, 3.05) is 6.54 Å². The van der Waals surface area contributed by atoms with Gasteiger partial charge in [0.25, 0.3) is 0 Å². The van der Waals surface area contributed by atoms with E-state index in [1.165, 1.54) is 12.1 Å². The van der Waals surface area contributed by atoms with Crippen LogP contribution in [0.3, 0.4) is 0 Å². The summed E-state index contributed by atoms with van der Waals surface area (Å²) in [6.45, 7) is 6.37. The number of nitrogens with one attached hydrogen (secondary N) is 1. The van der Waals surface area contributed by atoms with Crippen molar-refractivity contribution in [3.8, 4) is 0 Å². The van der Waals surface area contributed by atoms with Crippen molar-refractivity contribution in [2.45, 2.75) is 51.7 Å². The second-order valence-corrected chi connectivity index (χ2v) is 7.18. The lowest BCUT2D eigenvalue weighted by Gasteiger charge is -2.28. The molecule has 0 radical (unpaired) electrons. The number of aromatic amines is 1. The van der Waals surface area contributed by atoms with Gasteiger partial charge in [-0.15, -0.1) is 0 Å². The number of ether oxygens (including phenoxy) is 1. The number of H-pyrrole nitrogens is 1. The number of fused-ring (bicyclic) bond motifs is 1. The number of benzene rings is 1. The minimum atomic E-state index is -0.484. The largest absolute Gasteiger partial charge is 0.444 e. The van der Waals surface area contributed by atoms with Gasteiger partial charge in [0.15, 0.2) is 0 Å². The molecule has 23 heavy (non-hydrogen) atoms. The highest BCUT2D eigenvalue weighted by Gasteiger charge is 2.32. The van der Waals surface area contributed by atoms with Crippen LogP contribution < -0.4 is 0 Å². The molecule has 0 saturated carbocycles. The summed E-state index contributed by atoms with van der Waals surface area (Å²) in [5.41, 5.74) is 1.42. The summed E-state index contributed by atoms with van der Waals surface area (Å²) in [4.78, 5) is 17.3. The predicted molar refractivity (Wildman–Crippen MR) is 87.9 cm³/mol. The number of hydrogen-bond acceptors (Lipinski definition) is 2. The van der Waals surface area contributed by atoms with Crippen LogP contribution in [-0.4, -0.2) is 34.2 Å². The molecule has 1 unspecified atom stereocenters. The fourth-order valence-electron chi connectivity index (χ4n) is 3.19. The second-order valence-electron chi connectivity index (χ2n) is 7.18. The number of carbonyl (C=O) groups excluding carboxylic acids is 1. The average molecular weight is 318 g/mol. The molecule has 1 atom stereocenters. The molecule has 1 aliphatic heterocycles. The Bertz CT molecular complexity index is 717. The topological polar surface area (TPSA) is 45.3 Å². The van der Waals surface area contributed by atoms with Gasteiger partial charge in [0.1, 0.15) is 11.4 Å². The molecule has 1 aliphatic rings. The number of amides is 1. The molecule has 3 rings (SSSR count). The molecule has 5 heteroatoms. The van der Waals surface area contributed by atoms with E-state index in [4.69, 9.17) is 4.74 Å². The molecule has 1 saturated heterocycles. The van der Waals surface area contributed by atoms with Crippen LogP contribution in [0.15, 0.2) is 24.4 Å². The first-order chi connectivity index (χ1) is 10.8. The molecule has 0 aliphatic carbocycles. The molecule has 4 nitrogen and oxygen atoms in total. The van der Waals surface area contributed by atoms with E-state index in [0.717, 1.165) is 42.3 Å². The normalized spacial score (nSPS) is 18.6. The van der Waals surface area contributed by atoms with Gasteiger partial charge in [0.2, 0.25) is 0 Å². The highest BCUT2D eigenvalue weighted by atomic mass is 19.1. The van der Waals surface area contributed by atoms with Crippen LogP contribution >= 0.6 is 0 Å². The number of hydrogen-bond donors (Lipinski definition) is 1. The Morgan fingerprint density at radius 1 is 1.43 bits per heavy atom. The van der Waals surface area contributed by atoms with E-state index in [2.05, 4.69) is 4.98 Å². The fourth-order valence-corrected chi connectivity index (χ4v) is 3.19. The number of aromatic nitrogens is 1. The molecule has 1 amide bonds. The Morgan fingerprint density at radius 2 is 2.22 bits per heavy atom. The summed E-state index contributed by atoms with van der Waals surface area (Å²) < 4.78 is 18.8. The molecule has 2 aromatic rings. The second kappa shape index (κ2) is 5.87. The third kappa shape index (κ3) is 3.49. The first kappa shape index (κ1) is 15.8. The number of nitrogens with zero attached hydrogens (tertiary/aromatic N) is 1. The maximum atomic E-state index is 13.3. The third-order valence-corrected chi connectivity index (χ3v) is 4.19. The number of halogens is 1. The van der Waals surface area contributed by atoms with Crippen molar-refractivity contribution in [3.63, 3.8) is 0 Å². The van der Waals surface area contributed by atoms with Crippen molar-refractivity contribution in [1.82, 2.24) is 9.88 Å². The van der Waals surface area contributed by atoms with E-state index < -0.39 is 5.60 Å². The summed E-state index contributed by atoms with van der Waals surface area (Å²) in [5, 5.41) is 1.02. The van der Waals surface area contributed by atoms with E-state index in [1.54, 1.807) is 6.07 Å². The summed E-state index contributed by atoms with van der Waals surface area (Å²) in [6.07, 6.45) is 4.38. The van der Waals surface area contributed by atoms with Gasteiger partial charge >= 0.3 is 6.09 Å². The van der Waals surface area contributed by atoms with Gasteiger partial charge in [-0.05, 0) is 63.8 Å². The Labute approximate surface area is 135 Å². The van der Waals surface area contributed by atoms with E-state index in [9.17, 15) is 9.18 Å². The number of carbonyl (C=O) groups is 1. The first-order valence-electron chi connectivity index (χ1n) is 8.08. The van der Waals surface area contributed by atoms with Gasteiger partial charge in [-0.3, -0.25) is 0 Å². The standard InChI is InChI=1S/C18H23FN2O2/c1-18(2,3)23-17(22)21-8-4-5-14(21)9-12-11-20-16-10-13(19)6-7-15(12)16/h6-7,10-11,14,20H,4-5,8-9H2,1-3H3. The van der Waals surface area contributed by atoms with Crippen LogP contribution in [0.5, 0.6) is 0 Å². The summed E-state index contributed by atoms with van der Waals surface area (Å²) >= 11 is 0. The highest BCUT2D eigenvalue weighted by molar-refractivity contribution is 5.83. The van der Waals surface area contributed by atoms with Crippen LogP contribution in [0, 0.1) is 5.82 Å². The van der Waals surface area contributed by atoms with E-state index in [-0.39, 0.29) is 18.0 Å². The van der Waals surface area contributed by atoms with Gasteiger partial charge in [-0.1, -0.05) is 0 Å². The van der Waals surface area contributed by atoms with Crippen molar-refractivity contribution >= 4 is 17.0 Å². The van der Waals surface area contributed by atoms with Gasteiger partial charge in [-0.2, -0.15) is 0 Å². The van der Waals surface area contributed by atoms with Crippen molar-refractivity contribution in [2.24, 2.45) is 0 Å². The van der Waals surface area contributed by atoms with Crippen LogP contribution in [0.2, 0.25) is 0 Å². The third-order valence-electron chi connectivity index (χ3n) is 4.19. The summed E-state index contributed by atoms with van der Waals surface area (Å²) in [6, 6.07) is 4.90. The smallest absolute Gasteiger partial charge is 0.410 e. The summed E-state index contributed by atoms with van der Waals surface area (Å²) in [7, 11) is 0. The molecule has 0 spiro atoms. The lowest BCUT2D eigenvalue weighted by molar-refractivity contribution is 0.0227. The van der Waals surface area contributed by atoms with Crippen molar-refractivity contribution in [1.29, 1.82) is 0 Å². The fraction of sp³-hybridized carbons (Fsp3) is 0.500. The van der Waals surface area contributed by atoms with Crippen molar-refractivity contribution < 1.29 is 13.9 Å². The molecule has 124 valence electrons. The Morgan fingerprint density at radius 3 is 2.96 bits per heavy atom. The molecule has 1 aromatic heterocycles. The first-order valence-corrected chi connectivity index (χ1v) is 8.08. The lowest BCUT2D eigenvalue weighted by atomic mass is 10.0. The minimum Gasteiger partial charge on any atom is -0.444 e. The van der Waals surface area contributed by atoms with Gasteiger partial charge in [0.05, 0.1) is 0 Å². The summed E-state index contributed by atoms with van der Waals surface area (Å²) in [5.74, 6) is -0.248. The van der Waals surface area contributed by atoms with E-state index >= 15 is 0 Å². The van der Waals surface area contributed by atoms with Gasteiger partial charge < -0.3 is 14.6 Å². The zero-order chi connectivity index (χ0) is 16.6. The van der Waals surface area contributed by atoms with Crippen molar-refractivity contribution in [3.05, 3.63) is 35.8 Å². The number of rotatable bonds is 2. The predicted octanol–water partition coefficient (Wildman–Crippen LogP) is 4.25. The number of likely N-dealkylation sites (tertiary alicyclic amines) is 1. The van der Waals surface area contributed by atoms with E-state index in [1.807, 2.05) is 31.9 Å². The quantitative estimate of drug-likeness (QED) is 0.899. The molecule has 1 aromatic carbocycles. The molecule has 2 heterocycles. The average Bonchev–Trinajstić information content (AvgIpc) is 3.04. The van der Waals surface area contributed by atoms with E-state index in [0.29, 0.717) is 0 Å². The van der Waals surface area contributed by atoms with Gasteiger partial charge in [-0.25, -0.2) is 9.18 Å². The Kier molecular flexibility index (Phi) is 4.04. The van der Waals surface area contributed by atoms with Crippen LogP contribution in [0.4, 0.5) is 9.18 Å². The maximum Gasteiger partial charge on any atom is 0.410 e. The monoisotopic (exact) mass is 318 g/mol. The Hall–Kier alpha value is -2.04. The lowest BCUT2D eigenvalue weighted by Crippen LogP contribution is -2.40. The highest BCUT2D eigenvalue weighted by Crippen LogP contribution is 2.27. The zero-order valence-electron chi connectivity index (χ0n) is 13.9.